The van der Waals surface area contributed by atoms with E-state index in [1.807, 2.05) is 17.5 Å². The SMILES string of the molecule is O=C(NCc1coc(-c2cccs2)n1)c1ccc(NS(=O)(=O)c2ccccc2)cc1. The minimum atomic E-state index is -3.68. The van der Waals surface area contributed by atoms with Crippen LogP contribution in [0.5, 0.6) is 0 Å². The first-order chi connectivity index (χ1) is 14.5. The van der Waals surface area contributed by atoms with E-state index in [0.717, 1.165) is 4.88 Å². The van der Waals surface area contributed by atoms with Crippen LogP contribution in [0.25, 0.3) is 10.8 Å². The van der Waals surface area contributed by atoms with Crippen LogP contribution in [-0.4, -0.2) is 19.3 Å². The standard InChI is InChI=1S/C21H17N3O4S2/c25-20(22-13-17-14-28-21(23-17)19-7-4-12-29-19)15-8-10-16(11-9-15)24-30(26,27)18-5-2-1-3-6-18/h1-12,14,24H,13H2,(H,22,25). The summed E-state index contributed by atoms with van der Waals surface area (Å²) < 4.78 is 32.6. The number of carbonyl (C=O) groups is 1. The highest BCUT2D eigenvalue weighted by Crippen LogP contribution is 2.23. The van der Waals surface area contributed by atoms with Crippen molar-refractivity contribution in [2.75, 3.05) is 4.72 Å². The molecule has 2 aromatic carbocycles. The minimum Gasteiger partial charge on any atom is -0.443 e. The quantitative estimate of drug-likeness (QED) is 0.451. The van der Waals surface area contributed by atoms with Gasteiger partial charge in [0, 0.05) is 11.3 Å². The predicted molar refractivity (Wildman–Crippen MR) is 115 cm³/mol. The zero-order chi connectivity index (χ0) is 21.0. The van der Waals surface area contributed by atoms with Crippen molar-refractivity contribution < 1.29 is 17.6 Å². The van der Waals surface area contributed by atoms with E-state index in [0.29, 0.717) is 22.8 Å². The molecule has 152 valence electrons. The van der Waals surface area contributed by atoms with Crippen LogP contribution in [0.1, 0.15) is 16.1 Å². The van der Waals surface area contributed by atoms with E-state index in [4.69, 9.17) is 4.42 Å². The molecule has 0 aliphatic carbocycles. The van der Waals surface area contributed by atoms with Gasteiger partial charge in [-0.25, -0.2) is 13.4 Å². The van der Waals surface area contributed by atoms with Gasteiger partial charge >= 0.3 is 0 Å². The van der Waals surface area contributed by atoms with Crippen molar-refractivity contribution in [3.63, 3.8) is 0 Å². The first-order valence-corrected chi connectivity index (χ1v) is 11.3. The lowest BCUT2D eigenvalue weighted by Crippen LogP contribution is -2.23. The lowest BCUT2D eigenvalue weighted by molar-refractivity contribution is 0.0950. The van der Waals surface area contributed by atoms with Crippen LogP contribution in [0, 0.1) is 0 Å². The highest BCUT2D eigenvalue weighted by atomic mass is 32.2. The minimum absolute atomic E-state index is 0.168. The number of oxazole rings is 1. The summed E-state index contributed by atoms with van der Waals surface area (Å²) in [5, 5.41) is 4.71. The van der Waals surface area contributed by atoms with E-state index in [1.54, 1.807) is 42.5 Å². The van der Waals surface area contributed by atoms with Gasteiger partial charge in [-0.05, 0) is 47.8 Å². The maximum Gasteiger partial charge on any atom is 0.261 e. The smallest absolute Gasteiger partial charge is 0.261 e. The first kappa shape index (κ1) is 19.9. The molecule has 0 atom stereocenters. The Labute approximate surface area is 177 Å². The van der Waals surface area contributed by atoms with Crippen molar-refractivity contribution >= 4 is 33.0 Å². The summed E-state index contributed by atoms with van der Waals surface area (Å²) >= 11 is 1.52. The highest BCUT2D eigenvalue weighted by molar-refractivity contribution is 7.92. The van der Waals surface area contributed by atoms with Gasteiger partial charge in [-0.15, -0.1) is 11.3 Å². The second kappa shape index (κ2) is 8.52. The Hall–Kier alpha value is -3.43. The average molecular weight is 440 g/mol. The zero-order valence-corrected chi connectivity index (χ0v) is 17.2. The predicted octanol–water partition coefficient (Wildman–Crippen LogP) is 4.13. The molecule has 0 fully saturated rings. The number of aromatic nitrogens is 1. The molecule has 2 heterocycles. The topological polar surface area (TPSA) is 101 Å². The first-order valence-electron chi connectivity index (χ1n) is 8.96. The molecular weight excluding hydrogens is 422 g/mol. The maximum atomic E-state index is 12.4. The van der Waals surface area contributed by atoms with Gasteiger partial charge < -0.3 is 9.73 Å². The normalized spacial score (nSPS) is 11.2. The molecule has 2 N–H and O–H groups in total. The number of sulfonamides is 1. The van der Waals surface area contributed by atoms with Crippen molar-refractivity contribution in [2.45, 2.75) is 11.4 Å². The molecule has 1 amide bonds. The maximum absolute atomic E-state index is 12.4. The summed E-state index contributed by atoms with van der Waals surface area (Å²) in [6.45, 7) is 0.218. The molecule has 9 heteroatoms. The van der Waals surface area contributed by atoms with Crippen LogP contribution in [0.4, 0.5) is 5.69 Å². The van der Waals surface area contributed by atoms with E-state index in [9.17, 15) is 13.2 Å². The van der Waals surface area contributed by atoms with Crippen molar-refractivity contribution in [1.29, 1.82) is 0 Å². The fourth-order valence-electron chi connectivity index (χ4n) is 2.68. The second-order valence-electron chi connectivity index (χ2n) is 6.30. The Morgan fingerprint density at radius 3 is 2.47 bits per heavy atom. The molecule has 0 saturated carbocycles. The van der Waals surface area contributed by atoms with E-state index in [-0.39, 0.29) is 17.3 Å². The molecule has 0 unspecified atom stereocenters. The number of amides is 1. The number of nitrogens with zero attached hydrogens (tertiary/aromatic N) is 1. The molecule has 0 aliphatic rings. The molecule has 30 heavy (non-hydrogen) atoms. The number of hydrogen-bond acceptors (Lipinski definition) is 6. The van der Waals surface area contributed by atoms with Crippen molar-refractivity contribution in [3.05, 3.63) is 89.6 Å². The summed E-state index contributed by atoms with van der Waals surface area (Å²) in [6.07, 6.45) is 1.51. The molecule has 0 radical (unpaired) electrons. The van der Waals surface area contributed by atoms with E-state index in [1.165, 1.54) is 29.7 Å². The summed E-state index contributed by atoms with van der Waals surface area (Å²) in [7, 11) is -3.68. The van der Waals surface area contributed by atoms with Crippen LogP contribution < -0.4 is 10.0 Å². The number of nitrogens with one attached hydrogen (secondary N) is 2. The number of hydrogen-bond donors (Lipinski definition) is 2. The van der Waals surface area contributed by atoms with Gasteiger partial charge in [-0.3, -0.25) is 9.52 Å². The third-order valence-corrected chi connectivity index (χ3v) is 6.42. The number of carbonyl (C=O) groups excluding carboxylic acids is 1. The molecular formula is C21H17N3O4S2. The van der Waals surface area contributed by atoms with Gasteiger partial charge in [0.15, 0.2) is 0 Å². The lowest BCUT2D eigenvalue weighted by atomic mass is 10.2. The van der Waals surface area contributed by atoms with E-state index < -0.39 is 10.0 Å². The fourth-order valence-corrected chi connectivity index (χ4v) is 4.41. The summed E-state index contributed by atoms with van der Waals surface area (Å²) in [5.74, 6) is 0.220. The van der Waals surface area contributed by atoms with Crippen LogP contribution in [0.3, 0.4) is 0 Å². The second-order valence-corrected chi connectivity index (χ2v) is 8.93. The molecule has 4 rings (SSSR count). The Morgan fingerprint density at radius 1 is 1.00 bits per heavy atom. The Kier molecular flexibility index (Phi) is 5.64. The average Bonchev–Trinajstić information content (AvgIpc) is 3.45. The molecule has 0 aliphatic heterocycles. The van der Waals surface area contributed by atoms with Gasteiger partial charge in [0.2, 0.25) is 5.89 Å². The number of benzene rings is 2. The van der Waals surface area contributed by atoms with Gasteiger partial charge in [0.25, 0.3) is 15.9 Å². The molecule has 2 aromatic heterocycles. The summed E-state index contributed by atoms with van der Waals surface area (Å²) in [4.78, 5) is 17.8. The zero-order valence-electron chi connectivity index (χ0n) is 15.6. The van der Waals surface area contributed by atoms with Crippen molar-refractivity contribution in [1.82, 2.24) is 10.3 Å². The van der Waals surface area contributed by atoms with Gasteiger partial charge in [-0.2, -0.15) is 0 Å². The molecule has 4 aromatic rings. The monoisotopic (exact) mass is 439 g/mol. The summed E-state index contributed by atoms with van der Waals surface area (Å²) in [6, 6.07) is 18.1. The molecule has 7 nitrogen and oxygen atoms in total. The Morgan fingerprint density at radius 2 is 1.77 bits per heavy atom. The molecule has 0 spiro atoms. The van der Waals surface area contributed by atoms with Crippen molar-refractivity contribution in [2.24, 2.45) is 0 Å². The number of thiophene rings is 1. The van der Waals surface area contributed by atoms with Gasteiger partial charge in [0.1, 0.15) is 6.26 Å². The third kappa shape index (κ3) is 4.58. The van der Waals surface area contributed by atoms with Gasteiger partial charge in [-0.1, -0.05) is 24.3 Å². The molecule has 0 bridgehead atoms. The van der Waals surface area contributed by atoms with E-state index in [2.05, 4.69) is 15.0 Å². The number of anilines is 1. The summed E-state index contributed by atoms with van der Waals surface area (Å²) in [5.41, 5.74) is 1.38. The number of rotatable bonds is 7. The third-order valence-electron chi connectivity index (χ3n) is 4.17. The Bertz CT molecular complexity index is 1230. The van der Waals surface area contributed by atoms with E-state index >= 15 is 0 Å². The van der Waals surface area contributed by atoms with Crippen molar-refractivity contribution in [3.8, 4) is 10.8 Å². The van der Waals surface area contributed by atoms with Crippen LogP contribution in [-0.2, 0) is 16.6 Å². The largest absolute Gasteiger partial charge is 0.443 e. The highest BCUT2D eigenvalue weighted by Gasteiger charge is 2.14. The van der Waals surface area contributed by atoms with Crippen LogP contribution >= 0.6 is 11.3 Å². The fraction of sp³-hybridized carbons (Fsp3) is 0.0476. The lowest BCUT2D eigenvalue weighted by Gasteiger charge is -2.09. The Balaban J connectivity index is 1.36. The van der Waals surface area contributed by atoms with Crippen LogP contribution in [0.2, 0.25) is 0 Å². The molecule has 0 saturated heterocycles. The van der Waals surface area contributed by atoms with Gasteiger partial charge in [0.05, 0.1) is 22.0 Å². The van der Waals surface area contributed by atoms with Crippen LogP contribution in [0.15, 0.2) is 87.7 Å².